The zero-order chi connectivity index (χ0) is 18.8. The van der Waals surface area contributed by atoms with E-state index in [2.05, 4.69) is 10.2 Å². The van der Waals surface area contributed by atoms with E-state index in [-0.39, 0.29) is 17.4 Å². The maximum absolute atomic E-state index is 12.3. The highest BCUT2D eigenvalue weighted by Gasteiger charge is 2.31. The maximum atomic E-state index is 12.3. The average molecular weight is 354 g/mol. The van der Waals surface area contributed by atoms with Crippen LogP contribution >= 0.6 is 0 Å². The maximum Gasteiger partial charge on any atom is 0.315 e. The van der Waals surface area contributed by atoms with Crippen molar-refractivity contribution in [1.82, 2.24) is 0 Å². The summed E-state index contributed by atoms with van der Waals surface area (Å²) < 4.78 is 4.92. The summed E-state index contributed by atoms with van der Waals surface area (Å²) in [7, 11) is 2.92. The van der Waals surface area contributed by atoms with Gasteiger partial charge >= 0.3 is 5.69 Å². The molecule has 0 aromatic heterocycles. The molecule has 1 N–H and O–H groups in total. The van der Waals surface area contributed by atoms with Gasteiger partial charge in [-0.1, -0.05) is 18.2 Å². The van der Waals surface area contributed by atoms with Gasteiger partial charge in [0.2, 0.25) is 5.75 Å². The number of methoxy groups -OCH3 is 1. The summed E-state index contributed by atoms with van der Waals surface area (Å²) in [5.74, 6) is -0.921. The van der Waals surface area contributed by atoms with Crippen LogP contribution in [0.4, 0.5) is 11.4 Å². The van der Waals surface area contributed by atoms with E-state index >= 15 is 0 Å². The molecule has 2 aromatic carbocycles. The SMILES string of the molecule is COc1cc(/C=N/N=C2\C(=O)N(C)c3ccccc32)cc([N+](=O)[O-])c1O. The van der Waals surface area contributed by atoms with E-state index in [9.17, 15) is 20.0 Å². The van der Waals surface area contributed by atoms with Crippen molar-refractivity contribution in [2.75, 3.05) is 19.1 Å². The zero-order valence-corrected chi connectivity index (χ0v) is 13.9. The third kappa shape index (κ3) is 2.86. The van der Waals surface area contributed by atoms with Gasteiger partial charge in [0, 0.05) is 24.2 Å². The second kappa shape index (κ2) is 6.63. The van der Waals surface area contributed by atoms with Gasteiger partial charge in [-0.15, -0.1) is 5.10 Å². The number of para-hydroxylation sites is 1. The van der Waals surface area contributed by atoms with Crippen molar-refractivity contribution in [3.8, 4) is 11.5 Å². The first-order chi connectivity index (χ1) is 12.4. The molecule has 26 heavy (non-hydrogen) atoms. The van der Waals surface area contributed by atoms with Crippen molar-refractivity contribution in [3.63, 3.8) is 0 Å². The number of carbonyl (C=O) groups excluding carboxylic acids is 1. The van der Waals surface area contributed by atoms with Gasteiger partial charge in [0.1, 0.15) is 0 Å². The number of phenolic OH excluding ortho intramolecular Hbond substituents is 1. The number of hydrogen-bond acceptors (Lipinski definition) is 7. The Kier molecular flexibility index (Phi) is 4.36. The quantitative estimate of drug-likeness (QED) is 0.512. The molecule has 3 rings (SSSR count). The Balaban J connectivity index is 1.96. The molecule has 0 spiro atoms. The van der Waals surface area contributed by atoms with Gasteiger partial charge in [-0.3, -0.25) is 14.9 Å². The highest BCUT2D eigenvalue weighted by atomic mass is 16.6. The zero-order valence-electron chi connectivity index (χ0n) is 13.9. The van der Waals surface area contributed by atoms with E-state index < -0.39 is 16.4 Å². The van der Waals surface area contributed by atoms with Gasteiger partial charge in [-0.05, 0) is 12.1 Å². The molecule has 0 saturated carbocycles. The van der Waals surface area contributed by atoms with Crippen LogP contribution in [0.15, 0.2) is 46.6 Å². The van der Waals surface area contributed by atoms with Crippen molar-refractivity contribution in [2.45, 2.75) is 0 Å². The fraction of sp³-hybridized carbons (Fsp3) is 0.118. The van der Waals surface area contributed by atoms with Gasteiger partial charge in [0.05, 0.1) is 23.9 Å². The second-order valence-electron chi connectivity index (χ2n) is 5.42. The first-order valence-corrected chi connectivity index (χ1v) is 7.48. The normalized spacial score (nSPS) is 14.9. The summed E-state index contributed by atoms with van der Waals surface area (Å²) in [5.41, 5.74) is 1.35. The minimum Gasteiger partial charge on any atom is -0.500 e. The summed E-state index contributed by atoms with van der Waals surface area (Å²) in [6, 6.07) is 9.68. The Labute approximate surface area is 148 Å². The lowest BCUT2D eigenvalue weighted by atomic mass is 10.1. The molecule has 1 aliphatic heterocycles. The molecule has 0 unspecified atom stereocenters. The number of fused-ring (bicyclic) bond motifs is 1. The van der Waals surface area contributed by atoms with Crippen molar-refractivity contribution in [1.29, 1.82) is 0 Å². The minimum atomic E-state index is -0.729. The predicted octanol–water partition coefficient (Wildman–Crippen LogP) is 2.11. The number of nitro benzene ring substituents is 1. The van der Waals surface area contributed by atoms with E-state index in [0.29, 0.717) is 11.1 Å². The molecule has 0 saturated heterocycles. The van der Waals surface area contributed by atoms with Crippen LogP contribution in [0.2, 0.25) is 0 Å². The Morgan fingerprint density at radius 2 is 2.04 bits per heavy atom. The molecule has 0 atom stereocenters. The molecular weight excluding hydrogens is 340 g/mol. The number of phenols is 1. The van der Waals surface area contributed by atoms with E-state index in [4.69, 9.17) is 4.74 Å². The standard InChI is InChI=1S/C17H14N4O5/c1-20-12-6-4-3-5-11(12)15(17(20)23)19-18-9-10-7-13(21(24)25)16(22)14(8-10)26-2/h3-9,22H,1-2H3/b18-9+,19-15-. The number of hydrogen-bond donors (Lipinski definition) is 1. The number of likely N-dealkylation sites (N-methyl/N-ethyl adjacent to an activating group) is 1. The van der Waals surface area contributed by atoms with Crippen molar-refractivity contribution < 1.29 is 19.6 Å². The molecular formula is C17H14N4O5. The van der Waals surface area contributed by atoms with Crippen LogP contribution in [-0.4, -0.2) is 42.0 Å². The minimum absolute atomic E-state index is 0.0599. The summed E-state index contributed by atoms with van der Waals surface area (Å²) in [6.07, 6.45) is 1.25. The van der Waals surface area contributed by atoms with Gasteiger partial charge in [0.15, 0.2) is 11.5 Å². The van der Waals surface area contributed by atoms with E-state index in [0.717, 1.165) is 11.8 Å². The van der Waals surface area contributed by atoms with Crippen LogP contribution in [0.25, 0.3) is 0 Å². The Hall–Kier alpha value is -3.75. The highest BCUT2D eigenvalue weighted by Crippen LogP contribution is 2.36. The lowest BCUT2D eigenvalue weighted by Gasteiger charge is -2.07. The number of benzene rings is 2. The van der Waals surface area contributed by atoms with Crippen LogP contribution in [-0.2, 0) is 4.79 Å². The third-order valence-electron chi connectivity index (χ3n) is 3.89. The Morgan fingerprint density at radius 3 is 2.73 bits per heavy atom. The van der Waals surface area contributed by atoms with Gasteiger partial charge in [-0.25, -0.2) is 0 Å². The summed E-state index contributed by atoms with van der Waals surface area (Å²) in [4.78, 5) is 24.0. The number of anilines is 1. The van der Waals surface area contributed by atoms with E-state index in [1.165, 1.54) is 24.3 Å². The van der Waals surface area contributed by atoms with Crippen LogP contribution in [0, 0.1) is 10.1 Å². The summed E-state index contributed by atoms with van der Waals surface area (Å²) in [6.45, 7) is 0. The topological polar surface area (TPSA) is 118 Å². The van der Waals surface area contributed by atoms with Crippen LogP contribution in [0.3, 0.4) is 0 Å². The molecule has 132 valence electrons. The van der Waals surface area contributed by atoms with Crippen LogP contribution in [0.1, 0.15) is 11.1 Å². The van der Waals surface area contributed by atoms with Crippen LogP contribution in [0.5, 0.6) is 11.5 Å². The number of aromatic hydroxyl groups is 1. The van der Waals surface area contributed by atoms with E-state index in [1.54, 1.807) is 25.2 Å². The Bertz CT molecular complexity index is 968. The third-order valence-corrected chi connectivity index (χ3v) is 3.89. The molecule has 0 aliphatic carbocycles. The molecule has 1 amide bonds. The fourth-order valence-corrected chi connectivity index (χ4v) is 2.58. The Morgan fingerprint density at radius 1 is 1.31 bits per heavy atom. The molecule has 9 heteroatoms. The van der Waals surface area contributed by atoms with Crippen LogP contribution < -0.4 is 9.64 Å². The van der Waals surface area contributed by atoms with Crippen molar-refractivity contribution >= 4 is 29.2 Å². The fourth-order valence-electron chi connectivity index (χ4n) is 2.58. The molecule has 0 fully saturated rings. The number of rotatable bonds is 4. The summed E-state index contributed by atoms with van der Waals surface area (Å²) >= 11 is 0. The molecule has 0 radical (unpaired) electrons. The molecule has 0 bridgehead atoms. The molecule has 9 nitrogen and oxygen atoms in total. The monoisotopic (exact) mass is 354 g/mol. The van der Waals surface area contributed by atoms with E-state index in [1.807, 2.05) is 6.07 Å². The number of nitrogens with zero attached hydrogens (tertiary/aromatic N) is 4. The first kappa shape index (κ1) is 17.1. The average Bonchev–Trinajstić information content (AvgIpc) is 2.87. The first-order valence-electron chi connectivity index (χ1n) is 7.48. The lowest BCUT2D eigenvalue weighted by Crippen LogP contribution is -2.25. The van der Waals surface area contributed by atoms with Gasteiger partial charge < -0.3 is 14.7 Å². The molecule has 1 heterocycles. The highest BCUT2D eigenvalue weighted by molar-refractivity contribution is 6.54. The smallest absolute Gasteiger partial charge is 0.315 e. The predicted molar refractivity (Wildman–Crippen MR) is 95.3 cm³/mol. The number of ether oxygens (including phenoxy) is 1. The molecule has 1 aliphatic rings. The number of amides is 1. The second-order valence-corrected chi connectivity index (χ2v) is 5.42. The largest absolute Gasteiger partial charge is 0.500 e. The van der Waals surface area contributed by atoms with Crippen molar-refractivity contribution in [2.24, 2.45) is 10.2 Å². The number of nitro groups is 1. The van der Waals surface area contributed by atoms with Gasteiger partial charge in [0.25, 0.3) is 5.91 Å². The van der Waals surface area contributed by atoms with Crippen molar-refractivity contribution in [3.05, 3.63) is 57.6 Å². The number of carbonyl (C=O) groups is 1. The lowest BCUT2D eigenvalue weighted by molar-refractivity contribution is -0.386. The van der Waals surface area contributed by atoms with Gasteiger partial charge in [-0.2, -0.15) is 5.10 Å². The molecule has 2 aromatic rings. The summed E-state index contributed by atoms with van der Waals surface area (Å²) in [5, 5.41) is 28.6.